The predicted octanol–water partition coefficient (Wildman–Crippen LogP) is 24.8. The van der Waals surface area contributed by atoms with Crippen molar-refractivity contribution >= 4 is 47.8 Å². The third-order valence-corrected chi connectivity index (χ3v) is 30.1. The highest BCUT2D eigenvalue weighted by molar-refractivity contribution is 5.81. The van der Waals surface area contributed by atoms with Crippen LogP contribution in [0.3, 0.4) is 0 Å². The van der Waals surface area contributed by atoms with E-state index in [1.807, 2.05) is 118 Å². The summed E-state index contributed by atoms with van der Waals surface area (Å²) in [6, 6.07) is 0. The summed E-state index contributed by atoms with van der Waals surface area (Å²) >= 11 is 0. The first-order valence-corrected chi connectivity index (χ1v) is 43.4. The largest absolute Gasteiger partial charge is 0.459 e. The van der Waals surface area contributed by atoms with Gasteiger partial charge in [0.25, 0.3) is 0 Å². The molecular weight excluding hydrogens is 1530 g/mol. The molecule has 0 radical (unpaired) electrons. The minimum atomic E-state index is -0.555. The topological polar surface area (TPSA) is 269 Å². The summed E-state index contributed by atoms with van der Waals surface area (Å²) < 4.78 is 56.9. The Morgan fingerprint density at radius 2 is 0.636 bits per heavy atom. The van der Waals surface area contributed by atoms with Crippen LogP contribution in [0, 0.1) is 73.9 Å². The molecule has 716 valence electrons. The summed E-state index contributed by atoms with van der Waals surface area (Å²) in [6.45, 7) is 37.4. The monoisotopic (exact) mass is 1730 g/mol. The lowest BCUT2D eigenvalue weighted by Crippen LogP contribution is -2.61. The SMILES string of the molecule is C.C.C.C.C.C.C.C.C.C.C.C.CCC(C)(C)C(=O)OC1(C2CCCCC2)CCCC1.CCC(C)(C)C(=O)OC12CC3CC(CC(O)(C3)C1)C2.CCC(C)(C)C(=O)OC12CC3CC(CC(O)(C3)C1)C2.CCC(C)(C)C(=O)OC1C2CC3C(=O)OC1C3O2.CCC(C)(C)C(=O)OC1C2CC3C(=O)OC1C3O2.CCC1(OC(=O)C(C)(C)CC)CCCCC1. The lowest BCUT2D eigenvalue weighted by molar-refractivity contribution is -0.226. The second-order valence-electron chi connectivity index (χ2n) is 40.9. The van der Waals surface area contributed by atoms with E-state index in [0.717, 1.165) is 109 Å². The van der Waals surface area contributed by atoms with E-state index in [1.165, 1.54) is 77.0 Å². The van der Waals surface area contributed by atoms with Crippen LogP contribution in [0.15, 0.2) is 0 Å². The molecule has 0 aromatic carbocycles. The van der Waals surface area contributed by atoms with Gasteiger partial charge in [-0.3, -0.25) is 38.4 Å². The predicted molar refractivity (Wildman–Crippen MR) is 491 cm³/mol. The lowest BCUT2D eigenvalue weighted by atomic mass is 9.52. The molecule has 6 aliphatic heterocycles. The van der Waals surface area contributed by atoms with Crippen molar-refractivity contribution in [2.45, 2.75) is 528 Å². The molecule has 0 aromatic heterocycles. The standard InChI is InChI=1S/C17H30O2.2C16H26O3.C14H26O2.2C13H18O5.12CH4/c1-4-16(2,3)15(18)19-17(12-8-9-13-17)14-10-6-5-7-11-14;2*1-4-14(2,3)13(17)19-16-8-11-5-12(9-16)7-15(18,6-11)10-16;1-5-13(3,4)12(15)16-14(6-2)10-8-7-9-11-14;2*1-4-13(2,3)12(15)18-9-7-5-6-8(16-7)10(9)17-11(6)14;;;;;;;;;;;;/h14H,4-13H2,1-3H3;2*11-12,18H,4-10H2,1-3H3;5-11H2,1-4H3;2*6-10H,4-5H2,1-3H3;12*1H4. The van der Waals surface area contributed by atoms with E-state index in [9.17, 15) is 48.6 Å². The fourth-order valence-corrected chi connectivity index (χ4v) is 20.9. The summed E-state index contributed by atoms with van der Waals surface area (Å²) in [5.74, 6) is 1.52. The average molecular weight is 1730 g/mol. The zero-order valence-corrected chi connectivity index (χ0v) is 70.7. The molecule has 14 unspecified atom stereocenters. The van der Waals surface area contributed by atoms with E-state index in [-0.39, 0.29) is 206 Å². The van der Waals surface area contributed by atoms with E-state index in [0.29, 0.717) is 68.1 Å². The molecule has 0 spiro atoms. The molecule has 6 saturated heterocycles. The fraction of sp³-hybridized carbons (Fsp3) is 0.921. The van der Waals surface area contributed by atoms with Crippen LogP contribution in [0.4, 0.5) is 0 Å². The summed E-state index contributed by atoms with van der Waals surface area (Å²) in [4.78, 5) is 96.5. The molecule has 0 amide bonds. The Morgan fingerprint density at radius 3 is 0.934 bits per heavy atom. The molecule has 6 heterocycles. The van der Waals surface area contributed by atoms with Crippen molar-refractivity contribution in [3.05, 3.63) is 0 Å². The highest BCUT2D eigenvalue weighted by Gasteiger charge is 2.68. The molecule has 20 heteroatoms. The lowest BCUT2D eigenvalue weighted by Gasteiger charge is -2.59. The number of aliphatic hydroxyl groups is 2. The Morgan fingerprint density at radius 1 is 0.355 bits per heavy atom. The van der Waals surface area contributed by atoms with E-state index >= 15 is 0 Å². The summed E-state index contributed by atoms with van der Waals surface area (Å²) in [6.07, 6.45) is 32.8. The summed E-state index contributed by atoms with van der Waals surface area (Å²) in [7, 11) is 0. The van der Waals surface area contributed by atoms with Crippen molar-refractivity contribution in [2.75, 3.05) is 0 Å². The zero-order valence-electron chi connectivity index (χ0n) is 70.7. The second kappa shape index (κ2) is 46.0. The van der Waals surface area contributed by atoms with Gasteiger partial charge >= 0.3 is 47.8 Å². The fourth-order valence-electron chi connectivity index (χ4n) is 20.9. The Kier molecular flexibility index (Phi) is 45.9. The highest BCUT2D eigenvalue weighted by Crippen LogP contribution is 2.61. The number of ether oxygens (including phenoxy) is 10. The quantitative estimate of drug-likeness (QED) is 0.0847. The van der Waals surface area contributed by atoms with Gasteiger partial charge in [0.2, 0.25) is 0 Å². The maximum atomic E-state index is 12.5. The summed E-state index contributed by atoms with van der Waals surface area (Å²) in [5, 5.41) is 21.3. The number of fused-ring (bicyclic) bond motifs is 2. The molecule has 2 N–H and O–H groups in total. The van der Waals surface area contributed by atoms with E-state index in [2.05, 4.69) is 13.8 Å². The van der Waals surface area contributed by atoms with Gasteiger partial charge in [0, 0.05) is 12.8 Å². The maximum Gasteiger partial charge on any atom is 0.312 e. The van der Waals surface area contributed by atoms with Crippen LogP contribution in [0.25, 0.3) is 0 Å². The van der Waals surface area contributed by atoms with Crippen LogP contribution in [-0.2, 0) is 85.7 Å². The van der Waals surface area contributed by atoms with Gasteiger partial charge in [-0.2, -0.15) is 0 Å². The minimum absolute atomic E-state index is 0. The van der Waals surface area contributed by atoms with Gasteiger partial charge in [0.05, 0.1) is 67.7 Å². The molecular formula is C101H192O20. The number of hydrogen-bond acceptors (Lipinski definition) is 20. The molecule has 14 atom stereocenters. The van der Waals surface area contributed by atoms with Crippen LogP contribution >= 0.6 is 0 Å². The molecule has 17 aliphatic rings. The first-order valence-electron chi connectivity index (χ1n) is 43.4. The van der Waals surface area contributed by atoms with Crippen LogP contribution in [0.2, 0.25) is 0 Å². The average Bonchev–Trinajstić information content (AvgIpc) is 1.72. The number of rotatable bonds is 20. The third kappa shape index (κ3) is 26.4. The second-order valence-corrected chi connectivity index (χ2v) is 40.9. The Balaban J connectivity index is -0.00000136. The van der Waals surface area contributed by atoms with E-state index in [4.69, 9.17) is 47.4 Å². The van der Waals surface area contributed by atoms with Crippen molar-refractivity contribution in [1.82, 2.24) is 0 Å². The van der Waals surface area contributed by atoms with E-state index < -0.39 is 57.3 Å². The first-order chi connectivity index (χ1) is 50.8. The van der Waals surface area contributed by atoms with Crippen LogP contribution in [0.5, 0.6) is 0 Å². The van der Waals surface area contributed by atoms with Crippen molar-refractivity contribution in [3.63, 3.8) is 0 Å². The van der Waals surface area contributed by atoms with Gasteiger partial charge < -0.3 is 57.6 Å². The van der Waals surface area contributed by atoms with Gasteiger partial charge in [-0.25, -0.2) is 0 Å². The van der Waals surface area contributed by atoms with Gasteiger partial charge in [-0.15, -0.1) is 0 Å². The number of hydrogen-bond donors (Lipinski definition) is 2. The van der Waals surface area contributed by atoms with Crippen LogP contribution < -0.4 is 0 Å². The van der Waals surface area contributed by atoms with Crippen molar-refractivity contribution < 1.29 is 95.9 Å². The Labute approximate surface area is 741 Å². The van der Waals surface area contributed by atoms with E-state index in [1.54, 1.807) is 0 Å². The third-order valence-electron chi connectivity index (χ3n) is 30.1. The molecule has 17 rings (SSSR count). The van der Waals surface area contributed by atoms with Crippen molar-refractivity contribution in [3.8, 4) is 0 Å². The molecule has 11 aliphatic carbocycles. The molecule has 121 heavy (non-hydrogen) atoms. The number of carbonyl (C=O) groups excluding carboxylic acids is 8. The molecule has 20 nitrogen and oxygen atoms in total. The summed E-state index contributed by atoms with van der Waals surface area (Å²) in [5.41, 5.74) is -4.59. The minimum Gasteiger partial charge on any atom is -0.459 e. The van der Waals surface area contributed by atoms with Crippen LogP contribution in [-0.4, -0.2) is 140 Å². The molecule has 0 aromatic rings. The maximum absolute atomic E-state index is 12.5. The Hall–Kier alpha value is -4.40. The smallest absolute Gasteiger partial charge is 0.312 e. The number of esters is 8. The van der Waals surface area contributed by atoms with Gasteiger partial charge in [-0.05, 0) is 299 Å². The zero-order chi connectivity index (χ0) is 80.1. The number of carbonyl (C=O) groups is 8. The Bertz CT molecular complexity index is 3050. The molecule has 12 bridgehead atoms. The van der Waals surface area contributed by atoms with Crippen molar-refractivity contribution in [2.24, 2.45) is 73.9 Å². The van der Waals surface area contributed by atoms with Crippen LogP contribution in [0.1, 0.15) is 445 Å². The normalized spacial score (nSPS) is 32.7. The first kappa shape index (κ1) is 121. The van der Waals surface area contributed by atoms with Gasteiger partial charge in [0.15, 0.2) is 24.4 Å². The van der Waals surface area contributed by atoms with Gasteiger partial charge in [-0.1, -0.05) is 163 Å². The molecule has 11 saturated carbocycles. The van der Waals surface area contributed by atoms with Gasteiger partial charge in [0.1, 0.15) is 34.6 Å². The molecule has 17 fully saturated rings. The highest BCUT2D eigenvalue weighted by atomic mass is 16.7. The van der Waals surface area contributed by atoms with Crippen molar-refractivity contribution in [1.29, 1.82) is 0 Å².